The average Bonchev–Trinajstić information content (AvgIpc) is 2.61. The van der Waals surface area contributed by atoms with Crippen LogP contribution in [-0.2, 0) is 4.79 Å². The average molecular weight is 234 g/mol. The molecule has 2 unspecified atom stereocenters. The molecule has 0 saturated heterocycles. The van der Waals surface area contributed by atoms with Crippen LogP contribution < -0.4 is 0 Å². The Morgan fingerprint density at radius 1 is 1.24 bits per heavy atom. The molecule has 2 nitrogen and oxygen atoms in total. The summed E-state index contributed by atoms with van der Waals surface area (Å²) in [7, 11) is 0. The number of rotatable bonds is 0. The largest absolute Gasteiger partial charge is 0.393 e. The van der Waals surface area contributed by atoms with Crippen LogP contribution in [-0.4, -0.2) is 17.0 Å². The molecule has 0 bridgehead atoms. The van der Waals surface area contributed by atoms with Gasteiger partial charge in [0.2, 0.25) is 0 Å². The van der Waals surface area contributed by atoms with Gasteiger partial charge in [-0.1, -0.05) is 12.5 Å². The second kappa shape index (κ2) is 3.68. The van der Waals surface area contributed by atoms with Crippen LogP contribution >= 0.6 is 0 Å². The zero-order valence-electron chi connectivity index (χ0n) is 10.8. The Labute approximate surface area is 103 Å². The van der Waals surface area contributed by atoms with Gasteiger partial charge in [-0.05, 0) is 61.9 Å². The van der Waals surface area contributed by atoms with E-state index in [1.54, 1.807) is 0 Å². The molecule has 2 fully saturated rings. The van der Waals surface area contributed by atoms with E-state index in [4.69, 9.17) is 0 Å². The molecule has 2 heteroatoms. The highest BCUT2D eigenvalue weighted by Gasteiger charge is 2.52. The van der Waals surface area contributed by atoms with Gasteiger partial charge in [-0.25, -0.2) is 0 Å². The maximum absolute atomic E-state index is 11.8. The summed E-state index contributed by atoms with van der Waals surface area (Å²) in [4.78, 5) is 11.8. The van der Waals surface area contributed by atoms with Crippen LogP contribution in [0.4, 0.5) is 0 Å². The van der Waals surface area contributed by atoms with Gasteiger partial charge < -0.3 is 5.11 Å². The van der Waals surface area contributed by atoms with E-state index >= 15 is 0 Å². The van der Waals surface area contributed by atoms with E-state index in [1.165, 1.54) is 5.57 Å². The molecule has 0 aromatic carbocycles. The SMILES string of the molecule is CC1=C2CC[C@]3(C)C(CC[C@H]3O)C2CCC1=O. The van der Waals surface area contributed by atoms with Crippen molar-refractivity contribution in [1.29, 1.82) is 0 Å². The van der Waals surface area contributed by atoms with Crippen molar-refractivity contribution in [2.24, 2.45) is 17.3 Å². The van der Waals surface area contributed by atoms with Crippen LogP contribution in [0.15, 0.2) is 11.1 Å². The molecule has 0 radical (unpaired) electrons. The van der Waals surface area contributed by atoms with E-state index in [1.807, 2.05) is 6.92 Å². The van der Waals surface area contributed by atoms with E-state index in [2.05, 4.69) is 6.92 Å². The highest BCUT2D eigenvalue weighted by molar-refractivity contribution is 5.96. The van der Waals surface area contributed by atoms with Crippen LogP contribution in [0.1, 0.15) is 52.4 Å². The number of carbonyl (C=O) groups is 1. The predicted molar refractivity (Wildman–Crippen MR) is 66.5 cm³/mol. The van der Waals surface area contributed by atoms with Gasteiger partial charge in [0.05, 0.1) is 6.10 Å². The predicted octanol–water partition coefficient (Wildman–Crippen LogP) is 2.85. The lowest BCUT2D eigenvalue weighted by molar-refractivity contribution is -0.117. The van der Waals surface area contributed by atoms with E-state index in [0.717, 1.165) is 44.1 Å². The summed E-state index contributed by atoms with van der Waals surface area (Å²) in [6.45, 7) is 4.27. The van der Waals surface area contributed by atoms with Gasteiger partial charge in [-0.2, -0.15) is 0 Å². The molecule has 4 atom stereocenters. The Bertz CT molecular complexity index is 396. The molecule has 17 heavy (non-hydrogen) atoms. The van der Waals surface area contributed by atoms with Gasteiger partial charge in [0.1, 0.15) is 0 Å². The molecule has 1 N–H and O–H groups in total. The van der Waals surface area contributed by atoms with Crippen LogP contribution in [0.5, 0.6) is 0 Å². The summed E-state index contributed by atoms with van der Waals surface area (Å²) in [5.41, 5.74) is 2.59. The summed E-state index contributed by atoms with van der Waals surface area (Å²) < 4.78 is 0. The number of aliphatic hydroxyl groups is 1. The standard InChI is InChI=1S/C15H22O2/c1-9-10-7-8-15(2)12(4-6-14(15)17)11(10)3-5-13(9)16/h11-12,14,17H,3-8H2,1-2H3/t11?,12?,14-,15-/m1/s1. The molecule has 3 aliphatic carbocycles. The van der Waals surface area contributed by atoms with E-state index in [9.17, 15) is 9.90 Å². The summed E-state index contributed by atoms with van der Waals surface area (Å²) in [5.74, 6) is 1.56. The third kappa shape index (κ3) is 1.46. The number of hydrogen-bond acceptors (Lipinski definition) is 2. The topological polar surface area (TPSA) is 37.3 Å². The fourth-order valence-corrected chi connectivity index (χ4v) is 4.58. The maximum Gasteiger partial charge on any atom is 0.158 e. The second-order valence-corrected chi connectivity index (χ2v) is 6.42. The minimum absolute atomic E-state index is 0.119. The van der Waals surface area contributed by atoms with Crippen LogP contribution in [0.25, 0.3) is 0 Å². The van der Waals surface area contributed by atoms with Gasteiger partial charge in [0.25, 0.3) is 0 Å². The van der Waals surface area contributed by atoms with Crippen LogP contribution in [0.3, 0.4) is 0 Å². The molecular weight excluding hydrogens is 212 g/mol. The molecule has 3 rings (SSSR count). The number of hydrogen-bond donors (Lipinski definition) is 1. The lowest BCUT2D eigenvalue weighted by Crippen LogP contribution is -2.42. The van der Waals surface area contributed by atoms with Crippen molar-refractivity contribution in [2.45, 2.75) is 58.5 Å². The summed E-state index contributed by atoms with van der Waals surface area (Å²) in [5, 5.41) is 10.2. The minimum atomic E-state index is -0.119. The second-order valence-electron chi connectivity index (χ2n) is 6.42. The molecule has 0 heterocycles. The van der Waals surface area contributed by atoms with Crippen molar-refractivity contribution in [3.05, 3.63) is 11.1 Å². The zero-order valence-corrected chi connectivity index (χ0v) is 10.8. The number of ketones is 1. The number of allylic oxidation sites excluding steroid dienone is 2. The molecule has 0 aliphatic heterocycles. The fourth-order valence-electron chi connectivity index (χ4n) is 4.58. The van der Waals surface area contributed by atoms with Crippen LogP contribution in [0.2, 0.25) is 0 Å². The van der Waals surface area contributed by atoms with Gasteiger partial charge >= 0.3 is 0 Å². The van der Waals surface area contributed by atoms with Crippen molar-refractivity contribution < 1.29 is 9.90 Å². The lowest BCUT2D eigenvalue weighted by Gasteiger charge is -2.46. The van der Waals surface area contributed by atoms with Crippen molar-refractivity contribution in [3.8, 4) is 0 Å². The molecule has 0 amide bonds. The van der Waals surface area contributed by atoms with Crippen molar-refractivity contribution in [1.82, 2.24) is 0 Å². The molecule has 0 aromatic rings. The normalized spacial score (nSPS) is 45.8. The van der Waals surface area contributed by atoms with Crippen molar-refractivity contribution in [2.75, 3.05) is 0 Å². The first-order valence-corrected chi connectivity index (χ1v) is 6.95. The highest BCUT2D eigenvalue weighted by Crippen LogP contribution is 2.58. The van der Waals surface area contributed by atoms with Gasteiger partial charge in [-0.15, -0.1) is 0 Å². The van der Waals surface area contributed by atoms with E-state index in [0.29, 0.717) is 17.6 Å². The molecule has 94 valence electrons. The first-order valence-electron chi connectivity index (χ1n) is 6.95. The first kappa shape index (κ1) is 11.5. The number of fused-ring (bicyclic) bond motifs is 3. The Morgan fingerprint density at radius 2 is 2.00 bits per heavy atom. The fraction of sp³-hybridized carbons (Fsp3) is 0.800. The third-order valence-electron chi connectivity index (χ3n) is 5.81. The maximum atomic E-state index is 11.8. The summed E-state index contributed by atoms with van der Waals surface area (Å²) >= 11 is 0. The Morgan fingerprint density at radius 3 is 2.76 bits per heavy atom. The first-order chi connectivity index (χ1) is 8.04. The Kier molecular flexibility index (Phi) is 2.48. The van der Waals surface area contributed by atoms with Gasteiger partial charge in [0.15, 0.2) is 5.78 Å². The van der Waals surface area contributed by atoms with Crippen molar-refractivity contribution in [3.63, 3.8) is 0 Å². The Balaban J connectivity index is 1.99. The molecule has 3 aliphatic rings. The number of aliphatic hydroxyl groups excluding tert-OH is 1. The monoisotopic (exact) mass is 234 g/mol. The van der Waals surface area contributed by atoms with E-state index in [-0.39, 0.29) is 11.5 Å². The molecular formula is C15H22O2. The highest BCUT2D eigenvalue weighted by atomic mass is 16.3. The van der Waals surface area contributed by atoms with Crippen molar-refractivity contribution >= 4 is 5.78 Å². The van der Waals surface area contributed by atoms with Gasteiger partial charge in [-0.3, -0.25) is 4.79 Å². The molecule has 0 aromatic heterocycles. The van der Waals surface area contributed by atoms with Gasteiger partial charge in [0, 0.05) is 6.42 Å². The quantitative estimate of drug-likeness (QED) is 0.699. The van der Waals surface area contributed by atoms with Crippen LogP contribution in [0, 0.1) is 17.3 Å². The lowest BCUT2D eigenvalue weighted by atomic mass is 9.58. The number of Topliss-reactive ketones (excluding diaryl/α,β-unsaturated/α-hetero) is 1. The summed E-state index contributed by atoms with van der Waals surface area (Å²) in [6, 6.07) is 0. The summed E-state index contributed by atoms with van der Waals surface area (Å²) in [6.07, 6.45) is 5.83. The molecule has 0 spiro atoms. The third-order valence-corrected chi connectivity index (χ3v) is 5.81. The smallest absolute Gasteiger partial charge is 0.158 e. The molecule has 2 saturated carbocycles. The number of carbonyl (C=O) groups excluding carboxylic acids is 1. The zero-order chi connectivity index (χ0) is 12.2. The minimum Gasteiger partial charge on any atom is -0.393 e. The Hall–Kier alpha value is -0.630. The van der Waals surface area contributed by atoms with E-state index < -0.39 is 0 Å².